The minimum absolute atomic E-state index is 0.203. The Morgan fingerprint density at radius 2 is 2.06 bits per heavy atom. The van der Waals surface area contributed by atoms with Gasteiger partial charge in [0.05, 0.1) is 12.0 Å². The largest absolute Gasteiger partial charge is 0.299 e. The standard InChI is InChI=1S/C16H19NO/c1-13(12-17)16(10-6-5-9-15(16)18)11-14-7-3-2-4-8-14/h2-4,7-8,13H,5-6,9-11H2,1H3. The number of benzene rings is 1. The first-order valence-electron chi connectivity index (χ1n) is 6.66. The van der Waals surface area contributed by atoms with Crippen LogP contribution in [0.2, 0.25) is 0 Å². The van der Waals surface area contributed by atoms with Crippen molar-refractivity contribution in [1.29, 1.82) is 5.26 Å². The number of ketones is 1. The molecule has 0 N–H and O–H groups in total. The zero-order valence-corrected chi connectivity index (χ0v) is 10.9. The summed E-state index contributed by atoms with van der Waals surface area (Å²) < 4.78 is 0. The zero-order chi connectivity index (χ0) is 13.0. The number of nitrogens with zero attached hydrogens (tertiary/aromatic N) is 1. The Morgan fingerprint density at radius 1 is 1.33 bits per heavy atom. The Balaban J connectivity index is 2.31. The molecular weight excluding hydrogens is 222 g/mol. The summed E-state index contributed by atoms with van der Waals surface area (Å²) in [5.74, 6) is 0.0807. The molecule has 94 valence electrons. The van der Waals surface area contributed by atoms with E-state index in [0.29, 0.717) is 12.8 Å². The number of Topliss-reactive ketones (excluding diaryl/α,β-unsaturated/α-hetero) is 1. The van der Waals surface area contributed by atoms with Crippen LogP contribution < -0.4 is 0 Å². The van der Waals surface area contributed by atoms with Crippen molar-refractivity contribution in [3.05, 3.63) is 35.9 Å². The average molecular weight is 241 g/mol. The second-order valence-corrected chi connectivity index (χ2v) is 5.30. The van der Waals surface area contributed by atoms with Gasteiger partial charge in [-0.25, -0.2) is 0 Å². The van der Waals surface area contributed by atoms with Crippen LogP contribution in [0, 0.1) is 22.7 Å². The average Bonchev–Trinajstić information content (AvgIpc) is 2.41. The third kappa shape index (κ3) is 2.31. The summed E-state index contributed by atoms with van der Waals surface area (Å²) in [5, 5.41) is 9.25. The van der Waals surface area contributed by atoms with Gasteiger partial charge in [-0.1, -0.05) is 36.8 Å². The first-order valence-corrected chi connectivity index (χ1v) is 6.66. The normalized spacial score (nSPS) is 25.4. The molecule has 2 rings (SSSR count). The molecule has 1 aliphatic rings. The summed E-state index contributed by atoms with van der Waals surface area (Å²) in [4.78, 5) is 12.4. The highest BCUT2D eigenvalue weighted by Crippen LogP contribution is 2.42. The fourth-order valence-electron chi connectivity index (χ4n) is 3.00. The maximum Gasteiger partial charge on any atom is 0.140 e. The Morgan fingerprint density at radius 3 is 2.67 bits per heavy atom. The number of nitriles is 1. The molecule has 1 aromatic carbocycles. The first kappa shape index (κ1) is 12.8. The Kier molecular flexibility index (Phi) is 3.81. The van der Waals surface area contributed by atoms with Crippen LogP contribution in [0.4, 0.5) is 0 Å². The molecule has 1 saturated carbocycles. The lowest BCUT2D eigenvalue weighted by Gasteiger charge is -2.38. The highest BCUT2D eigenvalue weighted by Gasteiger charge is 2.44. The number of carbonyl (C=O) groups is 1. The highest BCUT2D eigenvalue weighted by atomic mass is 16.1. The third-order valence-electron chi connectivity index (χ3n) is 4.22. The molecular formula is C16H19NO. The van der Waals surface area contributed by atoms with E-state index in [1.807, 2.05) is 37.3 Å². The molecule has 0 aromatic heterocycles. The van der Waals surface area contributed by atoms with Crippen LogP contribution in [0.3, 0.4) is 0 Å². The van der Waals surface area contributed by atoms with Crippen molar-refractivity contribution >= 4 is 5.78 Å². The van der Waals surface area contributed by atoms with Crippen LogP contribution in [0.1, 0.15) is 38.2 Å². The topological polar surface area (TPSA) is 40.9 Å². The predicted octanol–water partition coefficient (Wildman–Crippen LogP) is 3.52. The molecule has 2 atom stereocenters. The molecule has 0 saturated heterocycles. The maximum absolute atomic E-state index is 12.4. The van der Waals surface area contributed by atoms with Gasteiger partial charge in [-0.3, -0.25) is 4.79 Å². The Hall–Kier alpha value is -1.62. The van der Waals surface area contributed by atoms with Gasteiger partial charge in [0.15, 0.2) is 0 Å². The van der Waals surface area contributed by atoms with Gasteiger partial charge in [0, 0.05) is 11.8 Å². The number of hydrogen-bond acceptors (Lipinski definition) is 2. The van der Waals surface area contributed by atoms with Crippen molar-refractivity contribution in [2.45, 2.75) is 39.0 Å². The molecule has 0 heterocycles. The fourth-order valence-corrected chi connectivity index (χ4v) is 3.00. The van der Waals surface area contributed by atoms with E-state index in [9.17, 15) is 10.1 Å². The molecule has 1 fully saturated rings. The Bertz CT molecular complexity index is 460. The fraction of sp³-hybridized carbons (Fsp3) is 0.500. The van der Waals surface area contributed by atoms with Gasteiger partial charge < -0.3 is 0 Å². The molecule has 0 aliphatic heterocycles. The maximum atomic E-state index is 12.4. The smallest absolute Gasteiger partial charge is 0.140 e. The molecule has 0 spiro atoms. The summed E-state index contributed by atoms with van der Waals surface area (Å²) in [6.45, 7) is 1.90. The number of hydrogen-bond donors (Lipinski definition) is 0. The van der Waals surface area contributed by atoms with Crippen LogP contribution in [0.5, 0.6) is 0 Å². The second-order valence-electron chi connectivity index (χ2n) is 5.30. The molecule has 0 bridgehead atoms. The zero-order valence-electron chi connectivity index (χ0n) is 10.9. The van der Waals surface area contributed by atoms with Crippen molar-refractivity contribution in [2.24, 2.45) is 11.3 Å². The van der Waals surface area contributed by atoms with Gasteiger partial charge in [-0.2, -0.15) is 5.26 Å². The lowest BCUT2D eigenvalue weighted by atomic mass is 9.63. The van der Waals surface area contributed by atoms with Crippen molar-refractivity contribution in [1.82, 2.24) is 0 Å². The molecule has 0 radical (unpaired) electrons. The van der Waals surface area contributed by atoms with E-state index in [2.05, 4.69) is 6.07 Å². The molecule has 18 heavy (non-hydrogen) atoms. The molecule has 1 aromatic rings. The first-order chi connectivity index (χ1) is 8.69. The lowest BCUT2D eigenvalue weighted by Crippen LogP contribution is -2.41. The summed E-state index contributed by atoms with van der Waals surface area (Å²) >= 11 is 0. The quantitative estimate of drug-likeness (QED) is 0.812. The molecule has 2 nitrogen and oxygen atoms in total. The number of rotatable bonds is 3. The summed E-state index contributed by atoms with van der Waals surface area (Å²) in [6.07, 6.45) is 4.24. The summed E-state index contributed by atoms with van der Waals surface area (Å²) in [6, 6.07) is 12.4. The Labute approximate surface area is 109 Å². The van der Waals surface area contributed by atoms with Crippen LogP contribution in [-0.2, 0) is 11.2 Å². The third-order valence-corrected chi connectivity index (χ3v) is 4.22. The molecule has 0 amide bonds. The van der Waals surface area contributed by atoms with E-state index in [4.69, 9.17) is 0 Å². The second kappa shape index (κ2) is 5.35. The van der Waals surface area contributed by atoms with Crippen LogP contribution in [0.15, 0.2) is 30.3 Å². The summed E-state index contributed by atoms with van der Waals surface area (Å²) in [5.41, 5.74) is 0.712. The van der Waals surface area contributed by atoms with Gasteiger partial charge in [-0.15, -0.1) is 0 Å². The van der Waals surface area contributed by atoms with Gasteiger partial charge in [0.25, 0.3) is 0 Å². The van der Waals surface area contributed by atoms with Crippen molar-refractivity contribution < 1.29 is 4.79 Å². The predicted molar refractivity (Wildman–Crippen MR) is 70.8 cm³/mol. The van der Waals surface area contributed by atoms with Gasteiger partial charge in [0.1, 0.15) is 5.78 Å². The van der Waals surface area contributed by atoms with Crippen molar-refractivity contribution in [3.8, 4) is 6.07 Å². The molecule has 1 aliphatic carbocycles. The SMILES string of the molecule is CC(C#N)C1(Cc2ccccc2)CCCCC1=O. The highest BCUT2D eigenvalue weighted by molar-refractivity contribution is 5.86. The van der Waals surface area contributed by atoms with E-state index >= 15 is 0 Å². The molecule has 2 unspecified atom stereocenters. The monoisotopic (exact) mass is 241 g/mol. The number of carbonyl (C=O) groups excluding carboxylic acids is 1. The minimum atomic E-state index is -0.450. The van der Waals surface area contributed by atoms with Gasteiger partial charge in [0.2, 0.25) is 0 Å². The van der Waals surface area contributed by atoms with E-state index in [0.717, 1.165) is 24.8 Å². The van der Waals surface area contributed by atoms with Gasteiger partial charge in [-0.05, 0) is 31.7 Å². The van der Waals surface area contributed by atoms with Crippen molar-refractivity contribution in [2.75, 3.05) is 0 Å². The summed E-state index contributed by atoms with van der Waals surface area (Å²) in [7, 11) is 0. The van der Waals surface area contributed by atoms with E-state index in [1.54, 1.807) is 0 Å². The van der Waals surface area contributed by atoms with Crippen molar-refractivity contribution in [3.63, 3.8) is 0 Å². The van der Waals surface area contributed by atoms with E-state index < -0.39 is 5.41 Å². The minimum Gasteiger partial charge on any atom is -0.299 e. The van der Waals surface area contributed by atoms with E-state index in [-0.39, 0.29) is 11.7 Å². The van der Waals surface area contributed by atoms with Gasteiger partial charge >= 0.3 is 0 Å². The van der Waals surface area contributed by atoms with Crippen LogP contribution in [-0.4, -0.2) is 5.78 Å². The molecule has 2 heteroatoms. The van der Waals surface area contributed by atoms with Crippen LogP contribution >= 0.6 is 0 Å². The lowest BCUT2D eigenvalue weighted by molar-refractivity contribution is -0.133. The van der Waals surface area contributed by atoms with E-state index in [1.165, 1.54) is 0 Å². The van der Waals surface area contributed by atoms with Crippen LogP contribution in [0.25, 0.3) is 0 Å².